The van der Waals surface area contributed by atoms with Crippen LogP contribution in [-0.4, -0.2) is 77.5 Å². The Morgan fingerprint density at radius 2 is 1.94 bits per heavy atom. The summed E-state index contributed by atoms with van der Waals surface area (Å²) in [4.78, 5) is 41.1. The third-order valence-electron chi connectivity index (χ3n) is 5.67. The minimum atomic E-state index is -1.15. The Bertz CT molecular complexity index is 889. The van der Waals surface area contributed by atoms with Crippen molar-refractivity contribution in [2.75, 3.05) is 33.0 Å². The lowest BCUT2D eigenvalue weighted by Gasteiger charge is -2.37. The zero-order valence-electron chi connectivity index (χ0n) is 21.1. The molecule has 194 valence electrons. The molecule has 1 aromatic rings. The number of nitrogens with zero attached hydrogens (tertiary/aromatic N) is 3. The van der Waals surface area contributed by atoms with Gasteiger partial charge in [-0.1, -0.05) is 44.9 Å². The van der Waals surface area contributed by atoms with E-state index in [0.29, 0.717) is 24.5 Å². The second kappa shape index (κ2) is 14.1. The summed E-state index contributed by atoms with van der Waals surface area (Å²) in [5.41, 5.74) is -1.15. The molecule has 2 N–H and O–H groups in total. The first-order chi connectivity index (χ1) is 16.7. The Kier molecular flexibility index (Phi) is 11.5. The molecule has 0 bridgehead atoms. The van der Waals surface area contributed by atoms with E-state index in [0.717, 1.165) is 31.6 Å². The van der Waals surface area contributed by atoms with E-state index in [4.69, 9.17) is 15.6 Å². The molecule has 1 aliphatic rings. The molecule has 1 atom stereocenters. The third-order valence-corrected chi connectivity index (χ3v) is 6.47. The quantitative estimate of drug-likeness (QED) is 0.179. The van der Waals surface area contributed by atoms with Crippen LogP contribution in [0.15, 0.2) is 9.64 Å². The van der Waals surface area contributed by atoms with Gasteiger partial charge in [0.25, 0.3) is 11.1 Å². The van der Waals surface area contributed by atoms with Crippen molar-refractivity contribution in [1.82, 2.24) is 25.7 Å². The van der Waals surface area contributed by atoms with Crippen molar-refractivity contribution in [3.8, 4) is 12.3 Å². The van der Waals surface area contributed by atoms with Crippen molar-refractivity contribution in [3.63, 3.8) is 0 Å². The third kappa shape index (κ3) is 9.18. The maximum absolute atomic E-state index is 13.5. The zero-order chi connectivity index (χ0) is 25.8. The first-order valence-electron chi connectivity index (χ1n) is 12.0. The molecule has 2 rings (SSSR count). The van der Waals surface area contributed by atoms with Gasteiger partial charge in [0.05, 0.1) is 6.04 Å². The van der Waals surface area contributed by atoms with Gasteiger partial charge in [-0.3, -0.25) is 9.59 Å². The molecule has 1 unspecified atom stereocenters. The van der Waals surface area contributed by atoms with E-state index in [1.807, 2.05) is 32.8 Å². The van der Waals surface area contributed by atoms with E-state index >= 15 is 0 Å². The molecule has 35 heavy (non-hydrogen) atoms. The molecule has 0 radical (unpaired) electrons. The average molecular weight is 508 g/mol. The lowest BCUT2D eigenvalue weighted by atomic mass is 9.80. The molecular weight excluding hydrogens is 470 g/mol. The molecule has 0 aromatic carbocycles. The van der Waals surface area contributed by atoms with Gasteiger partial charge in [0.1, 0.15) is 12.1 Å². The summed E-state index contributed by atoms with van der Waals surface area (Å²) >= 11 is 1.37. The number of nitrogens with one attached hydrogen (secondary N) is 2. The van der Waals surface area contributed by atoms with Crippen molar-refractivity contribution in [2.45, 2.75) is 75.6 Å². The first kappa shape index (κ1) is 28.7. The summed E-state index contributed by atoms with van der Waals surface area (Å²) in [6.45, 7) is 4.81. The Morgan fingerprint density at radius 1 is 1.23 bits per heavy atom. The highest BCUT2D eigenvalue weighted by Gasteiger charge is 2.43. The van der Waals surface area contributed by atoms with Gasteiger partial charge >= 0.3 is 6.09 Å². The van der Waals surface area contributed by atoms with Gasteiger partial charge < -0.3 is 24.7 Å². The SMILES string of the molecule is C#CCCOC(=O)NC1(C(=O)NC(CC(C)C)C(=O)c2nnc(SCCN(C)C)o2)CCCCC1. The molecular formula is C24H37N5O5S. The molecule has 1 heterocycles. The number of aromatic nitrogens is 2. The summed E-state index contributed by atoms with van der Waals surface area (Å²) in [6, 6.07) is -0.861. The second-order valence-corrected chi connectivity index (χ2v) is 10.4. The molecule has 11 heteroatoms. The summed E-state index contributed by atoms with van der Waals surface area (Å²) in [6.07, 6.45) is 8.62. The van der Waals surface area contributed by atoms with Crippen molar-refractivity contribution < 1.29 is 23.5 Å². The molecule has 0 saturated heterocycles. The number of rotatable bonds is 13. The van der Waals surface area contributed by atoms with Crippen molar-refractivity contribution in [2.24, 2.45) is 5.92 Å². The van der Waals surface area contributed by atoms with Crippen molar-refractivity contribution in [1.29, 1.82) is 0 Å². The number of terminal acetylenes is 1. The highest BCUT2D eigenvalue weighted by Crippen LogP contribution is 2.29. The van der Waals surface area contributed by atoms with Crippen LogP contribution in [0.1, 0.15) is 69.5 Å². The number of carbonyl (C=O) groups excluding carboxylic acids is 3. The Hall–Kier alpha value is -2.58. The first-order valence-corrected chi connectivity index (χ1v) is 13.0. The van der Waals surface area contributed by atoms with E-state index in [-0.39, 0.29) is 24.8 Å². The number of thioether (sulfide) groups is 1. The predicted molar refractivity (Wildman–Crippen MR) is 133 cm³/mol. The maximum Gasteiger partial charge on any atom is 0.408 e. The number of ketones is 1. The van der Waals surface area contributed by atoms with Crippen LogP contribution >= 0.6 is 11.8 Å². The fourth-order valence-electron chi connectivity index (χ4n) is 3.83. The Labute approximate surface area is 211 Å². The van der Waals surface area contributed by atoms with E-state index in [2.05, 4.69) is 26.8 Å². The van der Waals surface area contributed by atoms with Crippen LogP contribution in [0.25, 0.3) is 0 Å². The Balaban J connectivity index is 2.13. The van der Waals surface area contributed by atoms with Crippen LogP contribution in [0, 0.1) is 18.3 Å². The van der Waals surface area contributed by atoms with Crippen LogP contribution in [0.3, 0.4) is 0 Å². The van der Waals surface area contributed by atoms with Gasteiger partial charge in [0.2, 0.25) is 11.7 Å². The molecule has 2 amide bonds. The highest BCUT2D eigenvalue weighted by atomic mass is 32.2. The maximum atomic E-state index is 13.5. The molecule has 0 aliphatic heterocycles. The molecule has 1 saturated carbocycles. The number of Topliss-reactive ketones (excluding diaryl/α,β-unsaturated/α-hetero) is 1. The molecule has 10 nitrogen and oxygen atoms in total. The van der Waals surface area contributed by atoms with E-state index < -0.39 is 29.4 Å². The van der Waals surface area contributed by atoms with Crippen LogP contribution in [0.4, 0.5) is 4.79 Å². The number of alkyl carbamates (subject to hydrolysis) is 1. The van der Waals surface area contributed by atoms with Gasteiger partial charge in [-0.15, -0.1) is 22.5 Å². The second-order valence-electron chi connectivity index (χ2n) is 9.40. The van der Waals surface area contributed by atoms with Crippen LogP contribution in [-0.2, 0) is 9.53 Å². The van der Waals surface area contributed by atoms with Gasteiger partial charge in [-0.05, 0) is 39.3 Å². The highest BCUT2D eigenvalue weighted by molar-refractivity contribution is 7.99. The number of hydrogen-bond acceptors (Lipinski definition) is 9. The summed E-state index contributed by atoms with van der Waals surface area (Å²) in [5, 5.41) is 13.8. The van der Waals surface area contributed by atoms with E-state index in [1.165, 1.54) is 11.8 Å². The van der Waals surface area contributed by atoms with Crippen LogP contribution in [0.5, 0.6) is 0 Å². The molecule has 1 fully saturated rings. The standard InChI is InChI=1S/C24H37N5O5S/c1-6-7-14-33-22(32)26-24(11-9-8-10-12-24)21(31)25-18(16-17(2)3)19(30)20-27-28-23(34-20)35-15-13-29(4)5/h1,17-18H,7-16H2,2-5H3,(H,25,31)(H,26,32). The Morgan fingerprint density at radius 3 is 2.57 bits per heavy atom. The zero-order valence-corrected chi connectivity index (χ0v) is 21.9. The van der Waals surface area contributed by atoms with Gasteiger partial charge in [-0.2, -0.15) is 0 Å². The summed E-state index contributed by atoms with van der Waals surface area (Å²) in [5.74, 6) is 2.26. The van der Waals surface area contributed by atoms with Gasteiger partial charge in [0.15, 0.2) is 0 Å². The summed E-state index contributed by atoms with van der Waals surface area (Å²) < 4.78 is 10.7. The topological polar surface area (TPSA) is 127 Å². The minimum absolute atomic E-state index is 0.0700. The monoisotopic (exact) mass is 507 g/mol. The van der Waals surface area contributed by atoms with Crippen LogP contribution < -0.4 is 10.6 Å². The predicted octanol–water partition coefficient (Wildman–Crippen LogP) is 2.89. The normalized spacial score (nSPS) is 15.9. The van der Waals surface area contributed by atoms with Gasteiger partial charge in [-0.25, -0.2) is 4.79 Å². The lowest BCUT2D eigenvalue weighted by molar-refractivity contribution is -0.129. The number of hydrogen-bond donors (Lipinski definition) is 2. The molecule has 1 aliphatic carbocycles. The fraction of sp³-hybridized carbons (Fsp3) is 0.708. The number of amides is 2. The number of carbonyl (C=O) groups is 3. The smallest absolute Gasteiger partial charge is 0.408 e. The van der Waals surface area contributed by atoms with Crippen molar-refractivity contribution >= 4 is 29.5 Å². The van der Waals surface area contributed by atoms with E-state index in [9.17, 15) is 14.4 Å². The summed E-state index contributed by atoms with van der Waals surface area (Å²) in [7, 11) is 3.93. The van der Waals surface area contributed by atoms with Gasteiger partial charge in [0, 0.05) is 18.7 Å². The fourth-order valence-corrected chi connectivity index (χ4v) is 4.70. The minimum Gasteiger partial charge on any atom is -0.449 e. The van der Waals surface area contributed by atoms with Crippen LogP contribution in [0.2, 0.25) is 0 Å². The van der Waals surface area contributed by atoms with E-state index in [1.54, 1.807) is 0 Å². The molecule has 1 aromatic heterocycles. The largest absolute Gasteiger partial charge is 0.449 e. The molecule has 0 spiro atoms. The van der Waals surface area contributed by atoms with Crippen molar-refractivity contribution in [3.05, 3.63) is 5.89 Å². The number of ether oxygens (including phenoxy) is 1. The average Bonchev–Trinajstić information content (AvgIpc) is 3.27. The lowest BCUT2D eigenvalue weighted by Crippen LogP contribution is -2.62.